The van der Waals surface area contributed by atoms with Crippen LogP contribution in [0, 0.1) is 6.92 Å². The van der Waals surface area contributed by atoms with Crippen LogP contribution in [0.1, 0.15) is 30.5 Å². The Morgan fingerprint density at radius 3 is 1.30 bits per heavy atom. The minimum absolute atomic E-state index is 0.191. The zero-order chi connectivity index (χ0) is 26.4. The van der Waals surface area contributed by atoms with Gasteiger partial charge in [0.2, 0.25) is 0 Å². The van der Waals surface area contributed by atoms with Crippen molar-refractivity contribution in [2.45, 2.75) is 26.2 Å². The highest BCUT2D eigenvalue weighted by molar-refractivity contribution is 5.70. The summed E-state index contributed by atoms with van der Waals surface area (Å²) < 4.78 is 20.2. The molecule has 0 bridgehead atoms. The van der Waals surface area contributed by atoms with E-state index in [0.29, 0.717) is 17.2 Å². The summed E-state index contributed by atoms with van der Waals surface area (Å²) in [5, 5.41) is 0. The average Bonchev–Trinajstić information content (AvgIpc) is 2.90. The van der Waals surface area contributed by atoms with E-state index >= 15 is 0 Å². The largest absolute Gasteiger partial charge is 0.519 e. The fourth-order valence-corrected chi connectivity index (χ4v) is 3.86. The van der Waals surface area contributed by atoms with Gasteiger partial charge in [0.25, 0.3) is 0 Å². The first kappa shape index (κ1) is 25.5. The van der Waals surface area contributed by atoms with E-state index < -0.39 is 12.3 Å². The number of aryl methyl sites for hydroxylation is 1. The number of rotatable bonds is 6. The van der Waals surface area contributed by atoms with Gasteiger partial charge < -0.3 is 18.9 Å². The first-order valence-electron chi connectivity index (χ1n) is 11.8. The molecule has 0 fully saturated rings. The standard InChI is InChI=1S/C31H28O6/c1-21-5-11-24(12-6-21)31(2,3)25-13-19-28(20-14-25)37-30(33)36-27-17-9-23(10-18-27)22-7-15-26(16-8-22)35-29(32)34-4/h5-20H,1-4H3. The van der Waals surface area contributed by atoms with Crippen LogP contribution >= 0.6 is 0 Å². The third-order valence-electron chi connectivity index (χ3n) is 6.16. The Bertz CT molecular complexity index is 1350. The SMILES string of the molecule is COC(=O)Oc1ccc(-c2ccc(OC(=O)Oc3ccc(C(C)(C)c4ccc(C)cc4)cc3)cc2)cc1. The predicted octanol–water partition coefficient (Wildman–Crippen LogP) is 7.71. The molecule has 0 atom stereocenters. The van der Waals surface area contributed by atoms with E-state index in [2.05, 4.69) is 49.8 Å². The highest BCUT2D eigenvalue weighted by atomic mass is 16.7. The van der Waals surface area contributed by atoms with E-state index in [0.717, 1.165) is 16.7 Å². The Balaban J connectivity index is 1.35. The molecule has 37 heavy (non-hydrogen) atoms. The van der Waals surface area contributed by atoms with Crippen LogP contribution in [0.4, 0.5) is 9.59 Å². The summed E-state index contributed by atoms with van der Waals surface area (Å²) in [4.78, 5) is 23.5. The fourth-order valence-electron chi connectivity index (χ4n) is 3.86. The van der Waals surface area contributed by atoms with E-state index in [1.54, 1.807) is 36.4 Å². The molecule has 0 saturated carbocycles. The molecule has 0 unspecified atom stereocenters. The van der Waals surface area contributed by atoms with Gasteiger partial charge in [-0.05, 0) is 65.6 Å². The van der Waals surface area contributed by atoms with Gasteiger partial charge in [-0.3, -0.25) is 0 Å². The number of carbonyl (C=O) groups excluding carboxylic acids is 2. The lowest BCUT2D eigenvalue weighted by Crippen LogP contribution is -2.19. The lowest BCUT2D eigenvalue weighted by molar-refractivity contribution is 0.121. The lowest BCUT2D eigenvalue weighted by Gasteiger charge is -2.26. The molecule has 4 aromatic rings. The molecule has 6 nitrogen and oxygen atoms in total. The van der Waals surface area contributed by atoms with Crippen LogP contribution in [0.3, 0.4) is 0 Å². The summed E-state index contributed by atoms with van der Waals surface area (Å²) in [7, 11) is 1.25. The van der Waals surface area contributed by atoms with Crippen molar-refractivity contribution < 1.29 is 28.5 Å². The summed E-state index contributed by atoms with van der Waals surface area (Å²) in [6.07, 6.45) is -1.59. The number of benzene rings is 4. The van der Waals surface area contributed by atoms with Crippen molar-refractivity contribution in [3.05, 3.63) is 114 Å². The van der Waals surface area contributed by atoms with Crippen LogP contribution in [0.5, 0.6) is 17.2 Å². The molecule has 0 N–H and O–H groups in total. The van der Waals surface area contributed by atoms with Crippen molar-refractivity contribution in [2.75, 3.05) is 7.11 Å². The Labute approximate surface area is 216 Å². The zero-order valence-electron chi connectivity index (χ0n) is 21.2. The number of methoxy groups -OCH3 is 1. The van der Waals surface area contributed by atoms with Gasteiger partial charge in [0.15, 0.2) is 0 Å². The summed E-state index contributed by atoms with van der Waals surface area (Å²) in [6, 6.07) is 29.9. The molecule has 0 heterocycles. The van der Waals surface area contributed by atoms with Gasteiger partial charge in [-0.25, -0.2) is 9.59 Å². The molecule has 188 valence electrons. The Morgan fingerprint density at radius 1 is 0.541 bits per heavy atom. The van der Waals surface area contributed by atoms with Crippen molar-refractivity contribution in [3.63, 3.8) is 0 Å². The van der Waals surface area contributed by atoms with Crippen molar-refractivity contribution in [3.8, 4) is 28.4 Å². The summed E-state index contributed by atoms with van der Waals surface area (Å²) >= 11 is 0. The minimum atomic E-state index is -0.817. The van der Waals surface area contributed by atoms with Crippen molar-refractivity contribution in [2.24, 2.45) is 0 Å². The second kappa shape index (κ2) is 11.0. The molecule has 0 aliphatic carbocycles. The van der Waals surface area contributed by atoms with Crippen molar-refractivity contribution in [1.29, 1.82) is 0 Å². The van der Waals surface area contributed by atoms with E-state index in [1.165, 1.54) is 18.2 Å². The first-order valence-corrected chi connectivity index (χ1v) is 11.8. The molecule has 4 aromatic carbocycles. The average molecular weight is 497 g/mol. The van der Waals surface area contributed by atoms with Gasteiger partial charge in [-0.1, -0.05) is 80.1 Å². The second-order valence-corrected chi connectivity index (χ2v) is 9.07. The summed E-state index contributed by atoms with van der Waals surface area (Å²) in [5.41, 5.74) is 5.15. The summed E-state index contributed by atoms with van der Waals surface area (Å²) in [5.74, 6) is 1.14. The Morgan fingerprint density at radius 2 is 0.892 bits per heavy atom. The van der Waals surface area contributed by atoms with Crippen LogP contribution in [-0.2, 0) is 10.2 Å². The third kappa shape index (κ3) is 6.35. The third-order valence-corrected chi connectivity index (χ3v) is 6.16. The van der Waals surface area contributed by atoms with Crippen LogP contribution in [-0.4, -0.2) is 19.4 Å². The molecular weight excluding hydrogens is 468 g/mol. The molecule has 0 aliphatic rings. The maximum absolute atomic E-state index is 12.3. The Hall–Kier alpha value is -4.58. The fraction of sp³-hybridized carbons (Fsp3) is 0.161. The lowest BCUT2D eigenvalue weighted by atomic mass is 9.78. The molecule has 6 heteroatoms. The van der Waals surface area contributed by atoms with Gasteiger partial charge in [0.1, 0.15) is 17.2 Å². The Kier molecular flexibility index (Phi) is 7.58. The molecule has 0 spiro atoms. The van der Waals surface area contributed by atoms with Gasteiger partial charge in [0.05, 0.1) is 7.11 Å². The maximum atomic E-state index is 12.3. The monoisotopic (exact) mass is 496 g/mol. The first-order chi connectivity index (χ1) is 17.7. The number of hydrogen-bond donors (Lipinski definition) is 0. The van der Waals surface area contributed by atoms with Crippen LogP contribution in [0.25, 0.3) is 11.1 Å². The van der Waals surface area contributed by atoms with Crippen molar-refractivity contribution in [1.82, 2.24) is 0 Å². The highest BCUT2D eigenvalue weighted by Crippen LogP contribution is 2.32. The van der Waals surface area contributed by atoms with Crippen LogP contribution < -0.4 is 14.2 Å². The quantitative estimate of drug-likeness (QED) is 0.201. The molecule has 0 aliphatic heterocycles. The smallest absolute Gasteiger partial charge is 0.437 e. The molecular formula is C31H28O6. The normalized spacial score (nSPS) is 10.9. The van der Waals surface area contributed by atoms with E-state index in [9.17, 15) is 9.59 Å². The van der Waals surface area contributed by atoms with Crippen LogP contribution in [0.15, 0.2) is 97.1 Å². The van der Waals surface area contributed by atoms with E-state index in [4.69, 9.17) is 14.2 Å². The second-order valence-electron chi connectivity index (χ2n) is 9.07. The minimum Gasteiger partial charge on any atom is -0.437 e. The number of ether oxygens (including phenoxy) is 4. The van der Waals surface area contributed by atoms with E-state index in [1.807, 2.05) is 36.4 Å². The van der Waals surface area contributed by atoms with Crippen molar-refractivity contribution >= 4 is 12.3 Å². The zero-order valence-corrected chi connectivity index (χ0v) is 21.2. The highest BCUT2D eigenvalue weighted by Gasteiger charge is 2.23. The van der Waals surface area contributed by atoms with Gasteiger partial charge >= 0.3 is 12.3 Å². The summed E-state index contributed by atoms with van der Waals surface area (Å²) in [6.45, 7) is 6.40. The van der Waals surface area contributed by atoms with Gasteiger partial charge in [0, 0.05) is 5.41 Å². The number of hydrogen-bond acceptors (Lipinski definition) is 6. The molecule has 4 rings (SSSR count). The molecule has 0 aromatic heterocycles. The maximum Gasteiger partial charge on any atom is 0.519 e. The van der Waals surface area contributed by atoms with Gasteiger partial charge in [-0.2, -0.15) is 0 Å². The number of carbonyl (C=O) groups is 2. The molecule has 0 saturated heterocycles. The molecule has 0 amide bonds. The van der Waals surface area contributed by atoms with Crippen LogP contribution in [0.2, 0.25) is 0 Å². The molecule has 0 radical (unpaired) electrons. The van der Waals surface area contributed by atoms with E-state index in [-0.39, 0.29) is 5.41 Å². The predicted molar refractivity (Wildman–Crippen MR) is 141 cm³/mol. The van der Waals surface area contributed by atoms with Gasteiger partial charge in [-0.15, -0.1) is 0 Å². The topological polar surface area (TPSA) is 71.1 Å².